The predicted octanol–water partition coefficient (Wildman–Crippen LogP) is 3.77. The Balaban J connectivity index is 2.03. The second-order valence-corrected chi connectivity index (χ2v) is 5.01. The number of aryl methyl sites for hydroxylation is 1. The van der Waals surface area contributed by atoms with E-state index in [0.29, 0.717) is 21.0 Å². The van der Waals surface area contributed by atoms with Crippen molar-refractivity contribution in [2.24, 2.45) is 5.10 Å². The summed E-state index contributed by atoms with van der Waals surface area (Å²) in [4.78, 5) is 11.8. The molecule has 0 unspecified atom stereocenters. The lowest BCUT2D eigenvalue weighted by Gasteiger charge is -2.03. The van der Waals surface area contributed by atoms with Gasteiger partial charge in [-0.3, -0.25) is 4.79 Å². The molecule has 2 rings (SSSR count). The van der Waals surface area contributed by atoms with E-state index in [1.54, 1.807) is 24.3 Å². The first-order chi connectivity index (χ1) is 9.06. The summed E-state index contributed by atoms with van der Waals surface area (Å²) in [6.07, 6.45) is 1.41. The van der Waals surface area contributed by atoms with Crippen LogP contribution >= 0.6 is 27.5 Å². The van der Waals surface area contributed by atoms with E-state index in [1.807, 2.05) is 13.0 Å². The van der Waals surface area contributed by atoms with Crippen LogP contribution in [0, 0.1) is 6.92 Å². The summed E-state index contributed by atoms with van der Waals surface area (Å²) in [5, 5.41) is 4.19. The number of carbonyl (C=O) groups is 1. The number of halogens is 2. The van der Waals surface area contributed by atoms with Crippen LogP contribution in [0.5, 0.6) is 0 Å². The standard InChI is InChI=1S/C13H10BrClN2O2/c1-8-2-4-10(11(15)6-8)13(18)17-16-7-9-3-5-12(14)19-9/h2-7H,1H3,(H,17,18)/b16-7+. The van der Waals surface area contributed by atoms with Crippen LogP contribution in [0.15, 0.2) is 44.5 Å². The van der Waals surface area contributed by atoms with E-state index in [0.717, 1.165) is 5.56 Å². The highest BCUT2D eigenvalue weighted by Crippen LogP contribution is 2.17. The van der Waals surface area contributed by atoms with Crippen LogP contribution in [0.1, 0.15) is 21.7 Å². The third kappa shape index (κ3) is 3.68. The van der Waals surface area contributed by atoms with Crippen LogP contribution in [0.4, 0.5) is 0 Å². The molecular formula is C13H10BrClN2O2. The second-order valence-electron chi connectivity index (χ2n) is 3.82. The molecule has 0 saturated carbocycles. The van der Waals surface area contributed by atoms with Crippen molar-refractivity contribution < 1.29 is 9.21 Å². The first kappa shape index (κ1) is 13.8. The van der Waals surface area contributed by atoms with E-state index < -0.39 is 0 Å². The molecule has 2 aromatic rings. The van der Waals surface area contributed by atoms with Crippen molar-refractivity contribution in [2.75, 3.05) is 0 Å². The molecule has 0 radical (unpaired) electrons. The summed E-state index contributed by atoms with van der Waals surface area (Å²) in [7, 11) is 0. The number of carbonyl (C=O) groups excluding carboxylic acids is 1. The number of furan rings is 1. The maximum atomic E-state index is 11.8. The van der Waals surface area contributed by atoms with E-state index in [1.165, 1.54) is 6.21 Å². The Morgan fingerprint density at radius 2 is 2.21 bits per heavy atom. The Morgan fingerprint density at radius 1 is 1.42 bits per heavy atom. The molecule has 0 spiro atoms. The molecule has 0 atom stereocenters. The molecule has 1 aromatic carbocycles. The predicted molar refractivity (Wildman–Crippen MR) is 77.7 cm³/mol. The van der Waals surface area contributed by atoms with Crippen molar-refractivity contribution in [1.82, 2.24) is 5.43 Å². The average Bonchev–Trinajstić information content (AvgIpc) is 2.75. The van der Waals surface area contributed by atoms with Gasteiger partial charge in [-0.05, 0) is 52.7 Å². The van der Waals surface area contributed by atoms with Crippen LogP contribution in [0.2, 0.25) is 5.02 Å². The van der Waals surface area contributed by atoms with E-state index in [-0.39, 0.29) is 5.91 Å². The van der Waals surface area contributed by atoms with Crippen molar-refractivity contribution in [2.45, 2.75) is 6.92 Å². The van der Waals surface area contributed by atoms with Crippen molar-refractivity contribution in [1.29, 1.82) is 0 Å². The van der Waals surface area contributed by atoms with Crippen molar-refractivity contribution in [3.63, 3.8) is 0 Å². The van der Waals surface area contributed by atoms with Gasteiger partial charge in [0.25, 0.3) is 5.91 Å². The zero-order chi connectivity index (χ0) is 13.8. The van der Waals surface area contributed by atoms with Crippen LogP contribution in [0.25, 0.3) is 0 Å². The van der Waals surface area contributed by atoms with Gasteiger partial charge in [-0.15, -0.1) is 0 Å². The third-order valence-electron chi connectivity index (χ3n) is 2.32. The third-order valence-corrected chi connectivity index (χ3v) is 3.06. The van der Waals surface area contributed by atoms with Crippen LogP contribution in [-0.2, 0) is 0 Å². The SMILES string of the molecule is Cc1ccc(C(=O)N/N=C/c2ccc(Br)o2)c(Cl)c1. The summed E-state index contributed by atoms with van der Waals surface area (Å²) in [5.41, 5.74) is 3.76. The maximum absolute atomic E-state index is 11.8. The van der Waals surface area contributed by atoms with E-state index in [2.05, 4.69) is 26.5 Å². The minimum absolute atomic E-state index is 0.369. The van der Waals surface area contributed by atoms with Crippen molar-refractivity contribution in [3.05, 3.63) is 56.9 Å². The Kier molecular flexibility index (Phi) is 4.39. The quantitative estimate of drug-likeness (QED) is 0.682. The highest BCUT2D eigenvalue weighted by atomic mass is 79.9. The van der Waals surface area contributed by atoms with E-state index in [4.69, 9.17) is 16.0 Å². The lowest BCUT2D eigenvalue weighted by Crippen LogP contribution is -2.18. The van der Waals surface area contributed by atoms with Gasteiger partial charge in [0, 0.05) is 0 Å². The van der Waals surface area contributed by atoms with E-state index in [9.17, 15) is 4.79 Å². The normalized spacial score (nSPS) is 10.9. The lowest BCUT2D eigenvalue weighted by atomic mass is 10.1. The number of amides is 1. The number of benzene rings is 1. The highest BCUT2D eigenvalue weighted by Gasteiger charge is 2.09. The topological polar surface area (TPSA) is 54.6 Å². The Bertz CT molecular complexity index is 637. The van der Waals surface area contributed by atoms with Gasteiger partial charge in [0.1, 0.15) is 5.76 Å². The molecule has 19 heavy (non-hydrogen) atoms. The van der Waals surface area contributed by atoms with Crippen LogP contribution < -0.4 is 5.43 Å². The van der Waals surface area contributed by atoms with Gasteiger partial charge in [-0.1, -0.05) is 17.7 Å². The molecule has 6 heteroatoms. The molecule has 1 aromatic heterocycles. The molecule has 1 N–H and O–H groups in total. The van der Waals surface area contributed by atoms with Gasteiger partial charge in [-0.2, -0.15) is 5.10 Å². The number of hydrogen-bond acceptors (Lipinski definition) is 3. The van der Waals surface area contributed by atoms with Crippen molar-refractivity contribution in [3.8, 4) is 0 Å². The molecule has 1 heterocycles. The van der Waals surface area contributed by atoms with Crippen LogP contribution in [0.3, 0.4) is 0 Å². The molecule has 98 valence electrons. The molecule has 0 fully saturated rings. The monoisotopic (exact) mass is 340 g/mol. The fraction of sp³-hybridized carbons (Fsp3) is 0.0769. The number of nitrogens with zero attached hydrogens (tertiary/aromatic N) is 1. The summed E-state index contributed by atoms with van der Waals surface area (Å²) >= 11 is 9.16. The molecule has 0 saturated heterocycles. The van der Waals surface area contributed by atoms with Gasteiger partial charge in [-0.25, -0.2) is 5.43 Å². The van der Waals surface area contributed by atoms with Crippen molar-refractivity contribution >= 4 is 39.7 Å². The fourth-order valence-corrected chi connectivity index (χ4v) is 2.06. The lowest BCUT2D eigenvalue weighted by molar-refractivity contribution is 0.0955. The molecule has 1 amide bonds. The van der Waals surface area contributed by atoms with Gasteiger partial charge < -0.3 is 4.42 Å². The molecule has 0 aliphatic carbocycles. The zero-order valence-electron chi connectivity index (χ0n) is 9.98. The van der Waals surface area contributed by atoms with E-state index >= 15 is 0 Å². The number of hydrogen-bond donors (Lipinski definition) is 1. The molecule has 0 aliphatic rings. The first-order valence-corrected chi connectivity index (χ1v) is 6.58. The Labute approximate surface area is 123 Å². The summed E-state index contributed by atoms with van der Waals surface area (Å²) < 4.78 is 5.80. The number of rotatable bonds is 3. The number of nitrogens with one attached hydrogen (secondary N) is 1. The Hall–Kier alpha value is -1.59. The maximum Gasteiger partial charge on any atom is 0.272 e. The molecule has 0 bridgehead atoms. The minimum atomic E-state index is -0.369. The Morgan fingerprint density at radius 3 is 2.84 bits per heavy atom. The molecule has 4 nitrogen and oxygen atoms in total. The summed E-state index contributed by atoms with van der Waals surface area (Å²) in [6, 6.07) is 8.66. The first-order valence-electron chi connectivity index (χ1n) is 5.41. The average molecular weight is 342 g/mol. The zero-order valence-corrected chi connectivity index (χ0v) is 12.3. The van der Waals surface area contributed by atoms with Gasteiger partial charge in [0.2, 0.25) is 0 Å². The largest absolute Gasteiger partial charge is 0.448 e. The fourth-order valence-electron chi connectivity index (χ4n) is 1.42. The molecule has 0 aliphatic heterocycles. The highest BCUT2D eigenvalue weighted by molar-refractivity contribution is 9.10. The summed E-state index contributed by atoms with van der Waals surface area (Å²) in [6.45, 7) is 1.90. The van der Waals surface area contributed by atoms with Gasteiger partial charge >= 0.3 is 0 Å². The van der Waals surface area contributed by atoms with Crippen LogP contribution in [-0.4, -0.2) is 12.1 Å². The number of hydrazone groups is 1. The smallest absolute Gasteiger partial charge is 0.272 e. The second kappa shape index (κ2) is 6.04. The van der Waals surface area contributed by atoms with Gasteiger partial charge in [0.15, 0.2) is 4.67 Å². The van der Waals surface area contributed by atoms with Gasteiger partial charge in [0.05, 0.1) is 16.8 Å². The summed E-state index contributed by atoms with van der Waals surface area (Å²) in [5.74, 6) is 0.161. The minimum Gasteiger partial charge on any atom is -0.448 e. The molecular weight excluding hydrogens is 332 g/mol.